The maximum atomic E-state index is 14.8. The molecular weight excluding hydrogens is 667 g/mol. The highest BCUT2D eigenvalue weighted by Crippen LogP contribution is 2.60. The van der Waals surface area contributed by atoms with Crippen LogP contribution in [0.2, 0.25) is 18.6 Å². The Balaban J connectivity index is 1.34. The Labute approximate surface area is 299 Å². The van der Waals surface area contributed by atoms with Crippen molar-refractivity contribution in [1.29, 1.82) is 0 Å². The number of unbranched alkanes of at least 4 members (excludes halogenated alkanes) is 1. The molecule has 0 bridgehead atoms. The molecule has 6 rings (SSSR count). The van der Waals surface area contributed by atoms with Crippen molar-refractivity contribution in [3.05, 3.63) is 95.1 Å². The molecule has 270 valence electrons. The summed E-state index contributed by atoms with van der Waals surface area (Å²) in [6.07, 6.45) is 0.944. The summed E-state index contributed by atoms with van der Waals surface area (Å²) in [7, 11) is -1.74. The predicted molar refractivity (Wildman–Crippen MR) is 194 cm³/mol. The molecule has 0 unspecified atom stereocenters. The maximum absolute atomic E-state index is 14.8. The third-order valence-corrected chi connectivity index (χ3v) is 13.3. The van der Waals surface area contributed by atoms with Gasteiger partial charge in [-0.3, -0.25) is 19.2 Å². The molecule has 12 heteroatoms. The number of hydrogen-bond acceptors (Lipinski definition) is 8. The standard InChI is InChI=1S/C39H47N3O8Si/c1-25-36(51(3,4)48)33(22-34(44)42-23-28-15-9-8-14-27(28)20-30(42)24-43)50-39(25)31-21-29(40-37(46)26-12-6-5-7-13-26)17-18-32(31)41(38(39)47)19-11-10-16-35(45)49-2/h5-9,12-15,17-18,21,25,30,33,36,43,48H,10-11,16,19-20,22-24H2,1-4H3,(H,40,46)/t25-,30-,33+,36-,39+/m0/s1. The number of aliphatic hydroxyl groups excluding tert-OH is 1. The monoisotopic (exact) mass is 713 g/mol. The van der Waals surface area contributed by atoms with Crippen LogP contribution in [0.15, 0.2) is 72.8 Å². The number of benzene rings is 3. The molecule has 3 aliphatic heterocycles. The van der Waals surface area contributed by atoms with Crippen LogP contribution in [0, 0.1) is 5.92 Å². The molecule has 3 heterocycles. The molecule has 3 aliphatic rings. The number of esters is 1. The van der Waals surface area contributed by atoms with Gasteiger partial charge < -0.3 is 34.5 Å². The third kappa shape index (κ3) is 6.97. The summed E-state index contributed by atoms with van der Waals surface area (Å²) in [4.78, 5) is 69.1. The zero-order valence-corrected chi connectivity index (χ0v) is 30.6. The van der Waals surface area contributed by atoms with Gasteiger partial charge in [-0.25, -0.2) is 0 Å². The van der Waals surface area contributed by atoms with Crippen LogP contribution in [0.5, 0.6) is 0 Å². The lowest BCUT2D eigenvalue weighted by Crippen LogP contribution is -2.48. The quantitative estimate of drug-likeness (QED) is 0.147. The fraction of sp³-hybridized carbons (Fsp3) is 0.436. The van der Waals surface area contributed by atoms with Crippen LogP contribution < -0.4 is 10.2 Å². The van der Waals surface area contributed by atoms with Crippen LogP contribution in [0.4, 0.5) is 11.4 Å². The van der Waals surface area contributed by atoms with E-state index in [1.54, 1.807) is 52.3 Å². The van der Waals surface area contributed by atoms with Gasteiger partial charge in [0, 0.05) is 47.8 Å². The largest absolute Gasteiger partial charge is 0.469 e. The number of amides is 3. The van der Waals surface area contributed by atoms with Crippen molar-refractivity contribution in [2.45, 2.75) is 82.0 Å². The van der Waals surface area contributed by atoms with Crippen molar-refractivity contribution in [3.63, 3.8) is 0 Å². The van der Waals surface area contributed by atoms with Crippen molar-refractivity contribution < 1.29 is 38.6 Å². The first-order chi connectivity index (χ1) is 24.4. The van der Waals surface area contributed by atoms with Gasteiger partial charge >= 0.3 is 5.97 Å². The van der Waals surface area contributed by atoms with E-state index in [2.05, 4.69) is 5.32 Å². The molecule has 0 aliphatic carbocycles. The zero-order valence-electron chi connectivity index (χ0n) is 29.6. The van der Waals surface area contributed by atoms with Gasteiger partial charge in [0.15, 0.2) is 13.9 Å². The Kier molecular flexibility index (Phi) is 10.5. The van der Waals surface area contributed by atoms with E-state index in [1.165, 1.54) is 7.11 Å². The number of methoxy groups -OCH3 is 1. The number of hydrogen-bond donors (Lipinski definition) is 3. The molecule has 0 aromatic heterocycles. The second-order valence-electron chi connectivity index (χ2n) is 14.4. The van der Waals surface area contributed by atoms with Crippen LogP contribution in [-0.2, 0) is 42.4 Å². The molecule has 11 nitrogen and oxygen atoms in total. The second kappa shape index (κ2) is 14.7. The van der Waals surface area contributed by atoms with E-state index in [0.717, 1.165) is 11.1 Å². The van der Waals surface area contributed by atoms with Crippen LogP contribution in [0.1, 0.15) is 59.7 Å². The number of nitrogens with zero attached hydrogens (tertiary/aromatic N) is 2. The molecule has 3 N–H and O–H groups in total. The van der Waals surface area contributed by atoms with Gasteiger partial charge in [-0.05, 0) is 73.8 Å². The summed E-state index contributed by atoms with van der Waals surface area (Å²) >= 11 is 0. The van der Waals surface area contributed by atoms with Crippen molar-refractivity contribution >= 4 is 43.4 Å². The van der Waals surface area contributed by atoms with Crippen LogP contribution in [0.3, 0.4) is 0 Å². The zero-order chi connectivity index (χ0) is 36.5. The number of nitrogens with one attached hydrogen (secondary N) is 1. The fourth-order valence-corrected chi connectivity index (χ4v) is 10.9. The fourth-order valence-electron chi connectivity index (χ4n) is 8.34. The molecule has 3 amide bonds. The topological polar surface area (TPSA) is 146 Å². The minimum Gasteiger partial charge on any atom is -0.469 e. The number of fused-ring (bicyclic) bond motifs is 3. The van der Waals surface area contributed by atoms with Gasteiger partial charge in [0.1, 0.15) is 0 Å². The van der Waals surface area contributed by atoms with Crippen LogP contribution in [-0.4, -0.2) is 79.2 Å². The van der Waals surface area contributed by atoms with E-state index in [9.17, 15) is 29.1 Å². The molecule has 3 aromatic rings. The van der Waals surface area contributed by atoms with Crippen LogP contribution in [0.25, 0.3) is 0 Å². The van der Waals surface area contributed by atoms with Gasteiger partial charge in [0.25, 0.3) is 11.8 Å². The lowest BCUT2D eigenvalue weighted by Gasteiger charge is -2.37. The highest BCUT2D eigenvalue weighted by Gasteiger charge is 2.66. The number of ether oxygens (including phenoxy) is 2. The van der Waals surface area contributed by atoms with Gasteiger partial charge in [-0.15, -0.1) is 0 Å². The van der Waals surface area contributed by atoms with Crippen molar-refractivity contribution in [1.82, 2.24) is 4.90 Å². The lowest BCUT2D eigenvalue weighted by molar-refractivity contribution is -0.151. The first kappa shape index (κ1) is 36.4. The number of carbonyl (C=O) groups excluding carboxylic acids is 4. The highest BCUT2D eigenvalue weighted by molar-refractivity contribution is 6.71. The SMILES string of the molecule is COC(=O)CCCCN1C(=O)[C@]2(O[C@H](CC(=O)N3Cc4ccccc4C[C@H]3CO)[C@@H]([Si](C)(C)O)[C@@H]2C)c2cc(NC(=O)c3ccccc3)ccc21. The molecule has 1 saturated heterocycles. The van der Waals surface area contributed by atoms with E-state index in [4.69, 9.17) is 9.47 Å². The molecule has 5 atom stereocenters. The summed E-state index contributed by atoms with van der Waals surface area (Å²) in [6.45, 7) is 6.00. The predicted octanol–water partition coefficient (Wildman–Crippen LogP) is 4.76. The van der Waals surface area contributed by atoms with Gasteiger partial charge in [0.2, 0.25) is 5.91 Å². The minimum atomic E-state index is -3.08. The Hall–Kier alpha value is -4.36. The maximum Gasteiger partial charge on any atom is 0.305 e. The van der Waals surface area contributed by atoms with E-state index < -0.39 is 37.5 Å². The first-order valence-electron chi connectivity index (χ1n) is 17.7. The van der Waals surface area contributed by atoms with Crippen molar-refractivity contribution in [2.75, 3.05) is 30.5 Å². The summed E-state index contributed by atoms with van der Waals surface area (Å²) in [5, 5.41) is 13.2. The number of carbonyl (C=O) groups is 4. The molecule has 1 spiro atoms. The summed E-state index contributed by atoms with van der Waals surface area (Å²) < 4.78 is 11.7. The first-order valence-corrected chi connectivity index (χ1v) is 20.7. The molecule has 51 heavy (non-hydrogen) atoms. The van der Waals surface area contributed by atoms with Crippen molar-refractivity contribution in [3.8, 4) is 0 Å². The van der Waals surface area contributed by atoms with E-state index >= 15 is 0 Å². The Morgan fingerprint density at radius 3 is 2.41 bits per heavy atom. The summed E-state index contributed by atoms with van der Waals surface area (Å²) in [6, 6.07) is 21.6. The van der Waals surface area contributed by atoms with Gasteiger partial charge in [0.05, 0.1) is 38.0 Å². The summed E-state index contributed by atoms with van der Waals surface area (Å²) in [5.74, 6) is -1.66. The Morgan fingerprint density at radius 2 is 1.73 bits per heavy atom. The Bertz CT molecular complexity index is 1800. The second-order valence-corrected chi connectivity index (χ2v) is 18.4. The van der Waals surface area contributed by atoms with Gasteiger partial charge in [-0.2, -0.15) is 0 Å². The molecule has 1 fully saturated rings. The lowest BCUT2D eigenvalue weighted by atomic mass is 9.82. The van der Waals surface area contributed by atoms with Crippen LogP contribution >= 0.6 is 0 Å². The molecule has 3 aromatic carbocycles. The average molecular weight is 714 g/mol. The number of rotatable bonds is 11. The van der Waals surface area contributed by atoms with E-state index in [-0.39, 0.29) is 43.1 Å². The van der Waals surface area contributed by atoms with E-state index in [1.807, 2.05) is 50.3 Å². The highest BCUT2D eigenvalue weighted by atomic mass is 28.4. The normalized spacial score (nSPS) is 24.0. The molecule has 0 radical (unpaired) electrons. The third-order valence-electron chi connectivity index (χ3n) is 10.8. The number of aliphatic hydroxyl groups is 1. The number of anilines is 2. The van der Waals surface area contributed by atoms with Crippen molar-refractivity contribution in [2.24, 2.45) is 5.92 Å². The smallest absolute Gasteiger partial charge is 0.305 e. The van der Waals surface area contributed by atoms with E-state index in [0.29, 0.717) is 54.9 Å². The molecular formula is C39H47N3O8Si. The summed E-state index contributed by atoms with van der Waals surface area (Å²) in [5.41, 5.74) is 2.25. The Morgan fingerprint density at radius 1 is 1.02 bits per heavy atom. The molecule has 0 saturated carbocycles. The van der Waals surface area contributed by atoms with Gasteiger partial charge in [-0.1, -0.05) is 49.4 Å². The minimum absolute atomic E-state index is 0.0708. The average Bonchev–Trinajstić information content (AvgIpc) is 3.55.